The number of hydrogen-bond donors (Lipinski definition) is 1. The molecule has 0 spiro atoms. The van der Waals surface area contributed by atoms with Crippen molar-refractivity contribution in [2.45, 2.75) is 6.92 Å². The fourth-order valence-corrected chi connectivity index (χ4v) is 3.40. The quantitative estimate of drug-likeness (QED) is 0.545. The van der Waals surface area contributed by atoms with Crippen molar-refractivity contribution >= 4 is 34.4 Å². The van der Waals surface area contributed by atoms with Gasteiger partial charge in [-0.3, -0.25) is 10.1 Å². The van der Waals surface area contributed by atoms with Crippen LogP contribution >= 0.6 is 11.3 Å². The topological polar surface area (TPSA) is 64.4 Å². The molecule has 4 aromatic rings. The molecular weight excluding hydrogens is 348 g/mol. The number of rotatable bonds is 4. The highest BCUT2D eigenvalue weighted by atomic mass is 32.1. The molecule has 0 aliphatic heterocycles. The number of carbonyl (C=O) groups excluding carboxylic acids is 1. The minimum atomic E-state index is -0.302. The number of methoxy groups -OCH3 is 1. The number of carbonyl (C=O) groups is 1. The summed E-state index contributed by atoms with van der Waals surface area (Å²) >= 11 is 1.71. The second-order valence-electron chi connectivity index (χ2n) is 5.83. The van der Waals surface area contributed by atoms with Crippen molar-refractivity contribution in [3.05, 3.63) is 64.4 Å². The molecule has 0 atom stereocenters. The number of nitrogens with one attached hydrogen (secondary N) is 1. The maximum atomic E-state index is 12.4. The number of ether oxygens (including phenoxy) is 1. The van der Waals surface area contributed by atoms with Crippen molar-refractivity contribution in [1.82, 2.24) is 4.98 Å². The molecule has 2 aromatic carbocycles. The summed E-state index contributed by atoms with van der Waals surface area (Å²) in [5.74, 6) is 0.315. The summed E-state index contributed by atoms with van der Waals surface area (Å²) in [6, 6.07) is 15.0. The Bertz CT molecular complexity index is 1100. The van der Waals surface area contributed by atoms with E-state index in [1.165, 1.54) is 4.88 Å². The van der Waals surface area contributed by atoms with E-state index in [0.717, 1.165) is 11.1 Å². The molecule has 5 nitrogen and oxygen atoms in total. The van der Waals surface area contributed by atoms with Gasteiger partial charge in [0.2, 0.25) is 0 Å². The Morgan fingerprint density at radius 2 is 2.04 bits per heavy atom. The summed E-state index contributed by atoms with van der Waals surface area (Å²) in [7, 11) is 1.56. The van der Waals surface area contributed by atoms with Gasteiger partial charge in [0.05, 0.1) is 7.11 Å². The second-order valence-corrected chi connectivity index (χ2v) is 6.95. The van der Waals surface area contributed by atoms with Crippen LogP contribution in [0.1, 0.15) is 15.2 Å². The van der Waals surface area contributed by atoms with Crippen molar-refractivity contribution in [1.29, 1.82) is 0 Å². The van der Waals surface area contributed by atoms with Crippen molar-refractivity contribution in [3.8, 4) is 16.9 Å². The van der Waals surface area contributed by atoms with Crippen LogP contribution in [0.25, 0.3) is 22.2 Å². The number of anilines is 1. The Labute approximate surface area is 154 Å². The minimum absolute atomic E-state index is 0.173. The van der Waals surface area contributed by atoms with Crippen LogP contribution in [0.2, 0.25) is 0 Å². The van der Waals surface area contributed by atoms with Gasteiger partial charge in [-0.15, -0.1) is 11.3 Å². The summed E-state index contributed by atoms with van der Waals surface area (Å²) in [6.45, 7) is 2.08. The van der Waals surface area contributed by atoms with E-state index in [0.29, 0.717) is 22.4 Å². The molecule has 0 saturated heterocycles. The van der Waals surface area contributed by atoms with Crippen molar-refractivity contribution < 1.29 is 13.9 Å². The first-order valence-electron chi connectivity index (χ1n) is 8.04. The molecule has 2 aromatic heterocycles. The lowest BCUT2D eigenvalue weighted by atomic mass is 10.1. The maximum absolute atomic E-state index is 12.4. The fraction of sp³-hybridized carbons (Fsp3) is 0.100. The summed E-state index contributed by atoms with van der Waals surface area (Å²) in [6.07, 6.45) is 0. The lowest BCUT2D eigenvalue weighted by Crippen LogP contribution is -2.12. The predicted molar refractivity (Wildman–Crippen MR) is 103 cm³/mol. The smallest absolute Gasteiger partial charge is 0.302 e. The summed E-state index contributed by atoms with van der Waals surface area (Å²) in [5, 5.41) is 4.81. The molecule has 0 aliphatic rings. The van der Waals surface area contributed by atoms with Gasteiger partial charge in [-0.25, -0.2) is 0 Å². The Morgan fingerprint density at radius 3 is 2.81 bits per heavy atom. The standard InChI is InChI=1S/C20H16N2O3S/c1-12-8-15(11-26-12)13-6-7-18-17(10-13)21-20(25-18)22-19(23)14-4-3-5-16(9-14)24-2/h3-11H,1-2H3,(H,21,22,23). The molecule has 0 unspecified atom stereocenters. The number of benzene rings is 2. The van der Waals surface area contributed by atoms with Gasteiger partial charge in [-0.2, -0.15) is 4.98 Å². The van der Waals surface area contributed by atoms with Gasteiger partial charge in [0.15, 0.2) is 5.58 Å². The van der Waals surface area contributed by atoms with Gasteiger partial charge in [-0.05, 0) is 59.8 Å². The zero-order chi connectivity index (χ0) is 18.1. The molecule has 4 rings (SSSR count). The third-order valence-corrected chi connectivity index (χ3v) is 4.87. The van der Waals surface area contributed by atoms with E-state index in [1.54, 1.807) is 42.7 Å². The van der Waals surface area contributed by atoms with Gasteiger partial charge >= 0.3 is 6.01 Å². The Balaban J connectivity index is 1.60. The van der Waals surface area contributed by atoms with Crippen molar-refractivity contribution in [2.24, 2.45) is 0 Å². The molecule has 130 valence electrons. The SMILES string of the molecule is COc1cccc(C(=O)Nc2nc3cc(-c4csc(C)c4)ccc3o2)c1. The molecule has 0 fully saturated rings. The first kappa shape index (κ1) is 16.4. The largest absolute Gasteiger partial charge is 0.497 e. The van der Waals surface area contributed by atoms with Crippen molar-refractivity contribution in [2.75, 3.05) is 12.4 Å². The zero-order valence-corrected chi connectivity index (χ0v) is 15.1. The number of fused-ring (bicyclic) bond motifs is 1. The molecule has 1 amide bonds. The number of thiophene rings is 1. The average Bonchev–Trinajstić information content (AvgIpc) is 3.26. The van der Waals surface area contributed by atoms with Crippen LogP contribution in [0.4, 0.5) is 6.01 Å². The van der Waals surface area contributed by atoms with E-state index in [9.17, 15) is 4.79 Å². The van der Waals surface area contributed by atoms with Gasteiger partial charge in [0.25, 0.3) is 5.91 Å². The Kier molecular flexibility index (Phi) is 4.18. The molecule has 0 radical (unpaired) electrons. The second kappa shape index (κ2) is 6.65. The number of oxazole rings is 1. The predicted octanol–water partition coefficient (Wildman–Crippen LogP) is 5.13. The molecule has 0 saturated carbocycles. The van der Waals surface area contributed by atoms with Gasteiger partial charge < -0.3 is 9.15 Å². The van der Waals surface area contributed by atoms with Crippen molar-refractivity contribution in [3.63, 3.8) is 0 Å². The van der Waals surface area contributed by atoms with Crippen LogP contribution in [0.3, 0.4) is 0 Å². The summed E-state index contributed by atoms with van der Waals surface area (Å²) < 4.78 is 10.8. The van der Waals surface area contributed by atoms with Gasteiger partial charge in [0.1, 0.15) is 11.3 Å². The highest BCUT2D eigenvalue weighted by molar-refractivity contribution is 7.10. The molecule has 0 aliphatic carbocycles. The normalized spacial score (nSPS) is 10.8. The maximum Gasteiger partial charge on any atom is 0.302 e. The van der Waals surface area contributed by atoms with Gasteiger partial charge in [-0.1, -0.05) is 12.1 Å². The fourth-order valence-electron chi connectivity index (χ4n) is 2.69. The van der Waals surface area contributed by atoms with Crippen LogP contribution in [-0.2, 0) is 0 Å². The molecule has 0 bridgehead atoms. The number of hydrogen-bond acceptors (Lipinski definition) is 5. The van der Waals surface area contributed by atoms with E-state index >= 15 is 0 Å². The zero-order valence-electron chi connectivity index (χ0n) is 14.3. The van der Waals surface area contributed by atoms with E-state index in [4.69, 9.17) is 9.15 Å². The lowest BCUT2D eigenvalue weighted by Gasteiger charge is -2.03. The monoisotopic (exact) mass is 364 g/mol. The average molecular weight is 364 g/mol. The molecular formula is C20H16N2O3S. The summed E-state index contributed by atoms with van der Waals surface area (Å²) in [4.78, 5) is 18.0. The highest BCUT2D eigenvalue weighted by Crippen LogP contribution is 2.29. The molecule has 1 N–H and O–H groups in total. The first-order chi connectivity index (χ1) is 12.6. The first-order valence-corrected chi connectivity index (χ1v) is 8.92. The third kappa shape index (κ3) is 3.19. The molecule has 26 heavy (non-hydrogen) atoms. The van der Waals surface area contributed by atoms with E-state index in [2.05, 4.69) is 28.7 Å². The minimum Gasteiger partial charge on any atom is -0.497 e. The van der Waals surface area contributed by atoms with Crippen LogP contribution in [0.5, 0.6) is 5.75 Å². The van der Waals surface area contributed by atoms with Crippen LogP contribution in [0.15, 0.2) is 58.3 Å². The number of amides is 1. The number of nitrogens with zero attached hydrogens (tertiary/aromatic N) is 1. The van der Waals surface area contributed by atoms with E-state index < -0.39 is 0 Å². The molecule has 6 heteroatoms. The number of aromatic nitrogens is 1. The lowest BCUT2D eigenvalue weighted by molar-refractivity contribution is 0.102. The molecule has 2 heterocycles. The van der Waals surface area contributed by atoms with Crippen LogP contribution in [-0.4, -0.2) is 18.0 Å². The Hall–Kier alpha value is -3.12. The van der Waals surface area contributed by atoms with Crippen LogP contribution in [0, 0.1) is 6.92 Å². The van der Waals surface area contributed by atoms with E-state index in [1.807, 2.05) is 18.2 Å². The van der Waals surface area contributed by atoms with Gasteiger partial charge in [0, 0.05) is 10.4 Å². The third-order valence-electron chi connectivity index (χ3n) is 4.00. The number of aryl methyl sites for hydroxylation is 1. The van der Waals surface area contributed by atoms with E-state index in [-0.39, 0.29) is 11.9 Å². The highest BCUT2D eigenvalue weighted by Gasteiger charge is 2.13. The summed E-state index contributed by atoms with van der Waals surface area (Å²) in [5.41, 5.74) is 4.02. The Morgan fingerprint density at radius 1 is 1.15 bits per heavy atom. The van der Waals surface area contributed by atoms with Crippen LogP contribution < -0.4 is 10.1 Å².